The molecule has 1 N–H and O–H groups in total. The molecule has 1 aliphatic rings. The zero-order chi connectivity index (χ0) is 25.2. The van der Waals surface area contributed by atoms with Gasteiger partial charge in [0.1, 0.15) is 12.1 Å². The van der Waals surface area contributed by atoms with Crippen LogP contribution >= 0.6 is 0 Å². The largest absolute Gasteiger partial charge is 0.872 e. The Morgan fingerprint density at radius 2 is 1.77 bits per heavy atom. The molecule has 1 aliphatic heterocycles. The van der Waals surface area contributed by atoms with E-state index < -0.39 is 28.9 Å². The molecular formula is C25H27F3N2O5. The first-order valence-electron chi connectivity index (χ1n) is 11.5. The summed E-state index contributed by atoms with van der Waals surface area (Å²) in [4.78, 5) is 16.6. The van der Waals surface area contributed by atoms with Crippen LogP contribution in [0.5, 0.6) is 23.0 Å². The fourth-order valence-electron chi connectivity index (χ4n) is 4.26. The number of fused-ring (bicyclic) bond motifs is 1. The van der Waals surface area contributed by atoms with Gasteiger partial charge in [0.15, 0.2) is 11.5 Å². The number of quaternary nitrogens is 1. The number of benzene rings is 2. The topological polar surface area (TPSA) is 79.4 Å². The lowest BCUT2D eigenvalue weighted by atomic mass is 10.1. The first-order chi connectivity index (χ1) is 16.7. The highest BCUT2D eigenvalue weighted by atomic mass is 19.4. The number of ether oxygens (including phenoxy) is 2. The third-order valence-corrected chi connectivity index (χ3v) is 6.13. The first-order valence-corrected chi connectivity index (χ1v) is 11.5. The molecule has 2 aromatic carbocycles. The summed E-state index contributed by atoms with van der Waals surface area (Å²) in [6, 6.07) is 8.50. The third kappa shape index (κ3) is 5.23. The van der Waals surface area contributed by atoms with Gasteiger partial charge in [-0.2, -0.15) is 13.2 Å². The van der Waals surface area contributed by atoms with Crippen LogP contribution in [-0.4, -0.2) is 44.2 Å². The van der Waals surface area contributed by atoms with E-state index in [9.17, 15) is 23.1 Å². The molecule has 7 nitrogen and oxygen atoms in total. The number of hydrogen-bond acceptors (Lipinski definition) is 6. The maximum Gasteiger partial charge on any atom is 0.453 e. The van der Waals surface area contributed by atoms with Crippen molar-refractivity contribution < 1.29 is 37.1 Å². The van der Waals surface area contributed by atoms with Crippen LogP contribution in [0.15, 0.2) is 45.6 Å². The predicted octanol–water partition coefficient (Wildman–Crippen LogP) is 2.80. The van der Waals surface area contributed by atoms with Crippen molar-refractivity contribution in [1.82, 2.24) is 4.90 Å². The highest BCUT2D eigenvalue weighted by molar-refractivity contribution is 5.83. The Morgan fingerprint density at radius 3 is 2.40 bits per heavy atom. The average molecular weight is 492 g/mol. The highest BCUT2D eigenvalue weighted by Crippen LogP contribution is 2.41. The number of nitrogens with one attached hydrogen (secondary N) is 1. The zero-order valence-corrected chi connectivity index (χ0v) is 19.5. The quantitative estimate of drug-likeness (QED) is 0.547. The maximum absolute atomic E-state index is 14.0. The Labute approximate surface area is 200 Å². The summed E-state index contributed by atoms with van der Waals surface area (Å²) < 4.78 is 58.3. The van der Waals surface area contributed by atoms with Crippen molar-refractivity contribution in [3.63, 3.8) is 0 Å². The molecule has 3 aromatic rings. The van der Waals surface area contributed by atoms with E-state index in [1.54, 1.807) is 19.1 Å². The van der Waals surface area contributed by atoms with Crippen LogP contribution in [0.3, 0.4) is 0 Å². The minimum atomic E-state index is -5.03. The van der Waals surface area contributed by atoms with Crippen molar-refractivity contribution in [1.29, 1.82) is 0 Å². The molecule has 1 aromatic heterocycles. The number of likely N-dealkylation sites (N-methyl/N-ethyl adjacent to an activating group) is 1. The molecule has 4 rings (SSSR count). The Morgan fingerprint density at radius 1 is 1.09 bits per heavy atom. The summed E-state index contributed by atoms with van der Waals surface area (Å²) in [6.45, 7) is 8.21. The summed E-state index contributed by atoms with van der Waals surface area (Å²) in [5, 5.41) is 12.5. The van der Waals surface area contributed by atoms with Gasteiger partial charge in [-0.15, -0.1) is 0 Å². The molecule has 35 heavy (non-hydrogen) atoms. The number of rotatable bonds is 7. The monoisotopic (exact) mass is 492 g/mol. The normalized spacial score (nSPS) is 15.5. The van der Waals surface area contributed by atoms with Gasteiger partial charge in [-0.1, -0.05) is 30.9 Å². The molecule has 1 fully saturated rings. The number of piperazine rings is 1. The summed E-state index contributed by atoms with van der Waals surface area (Å²) in [7, 11) is 0. The lowest BCUT2D eigenvalue weighted by Gasteiger charge is -2.32. The fourth-order valence-corrected chi connectivity index (χ4v) is 4.26. The van der Waals surface area contributed by atoms with Crippen LogP contribution in [0.2, 0.25) is 0 Å². The molecule has 0 radical (unpaired) electrons. The number of nitrogens with zero attached hydrogens (tertiary/aromatic N) is 1. The van der Waals surface area contributed by atoms with E-state index in [0.29, 0.717) is 0 Å². The number of alkyl halides is 3. The van der Waals surface area contributed by atoms with Crippen molar-refractivity contribution in [3.05, 3.63) is 57.9 Å². The molecule has 1 saturated heterocycles. The van der Waals surface area contributed by atoms with E-state index >= 15 is 0 Å². The smallest absolute Gasteiger partial charge is 0.453 e. The van der Waals surface area contributed by atoms with Crippen LogP contribution in [0, 0.1) is 0 Å². The number of hydrogen-bond donors (Lipinski definition) is 1. The second kappa shape index (κ2) is 10.2. The van der Waals surface area contributed by atoms with E-state index in [4.69, 9.17) is 13.9 Å². The third-order valence-electron chi connectivity index (χ3n) is 6.13. The van der Waals surface area contributed by atoms with Crippen LogP contribution in [0.25, 0.3) is 11.0 Å². The SMILES string of the molecule is CCOc1ccccc1Oc1c(C(F)(F)F)oc2c(C[NH+]3CCN(CC)CC3)c([O-])ccc2c1=O. The Balaban J connectivity index is 1.81. The summed E-state index contributed by atoms with van der Waals surface area (Å²) >= 11 is 0. The summed E-state index contributed by atoms with van der Waals surface area (Å²) in [6.07, 6.45) is -5.03. The molecule has 0 unspecified atom stereocenters. The summed E-state index contributed by atoms with van der Waals surface area (Å²) in [5.74, 6) is -2.90. The van der Waals surface area contributed by atoms with Crippen LogP contribution in [0.1, 0.15) is 25.2 Å². The van der Waals surface area contributed by atoms with Crippen LogP contribution in [-0.2, 0) is 12.7 Å². The van der Waals surface area contributed by atoms with Gasteiger partial charge in [-0.3, -0.25) is 9.69 Å². The highest BCUT2D eigenvalue weighted by Gasteiger charge is 2.41. The van der Waals surface area contributed by atoms with Crippen molar-refractivity contribution >= 4 is 11.0 Å². The standard InChI is InChI=1S/C25H27F3N2O5/c1-3-29-11-13-30(14-12-29)15-17-18(31)10-9-16-21(32)23(24(25(26,27)28)35-22(16)17)34-20-8-6-5-7-19(20)33-4-2/h5-10,31H,3-4,11-15H2,1-2H3. The minimum absolute atomic E-state index is 0.0505. The molecule has 0 saturated carbocycles. The molecule has 10 heteroatoms. The Kier molecular flexibility index (Phi) is 7.23. The van der Waals surface area contributed by atoms with Gasteiger partial charge in [-0.05, 0) is 31.7 Å². The fraction of sp³-hybridized carbons (Fsp3) is 0.400. The van der Waals surface area contributed by atoms with Crippen molar-refractivity contribution in [3.8, 4) is 23.0 Å². The van der Waals surface area contributed by atoms with E-state index in [1.165, 1.54) is 24.3 Å². The van der Waals surface area contributed by atoms with E-state index in [1.807, 2.05) is 0 Å². The minimum Gasteiger partial charge on any atom is -0.872 e. The second-order valence-corrected chi connectivity index (χ2v) is 8.35. The molecular weight excluding hydrogens is 465 g/mol. The molecule has 2 heterocycles. The lowest BCUT2D eigenvalue weighted by molar-refractivity contribution is -0.918. The predicted molar refractivity (Wildman–Crippen MR) is 121 cm³/mol. The summed E-state index contributed by atoms with van der Waals surface area (Å²) in [5.41, 5.74) is -1.28. The molecule has 0 aliphatic carbocycles. The Hall–Kier alpha value is -3.24. The van der Waals surface area contributed by atoms with Gasteiger partial charge in [0, 0.05) is 18.7 Å². The molecule has 0 amide bonds. The van der Waals surface area contributed by atoms with Crippen molar-refractivity contribution in [2.45, 2.75) is 26.6 Å². The molecule has 0 spiro atoms. The van der Waals surface area contributed by atoms with Crippen LogP contribution < -0.4 is 24.9 Å². The molecule has 0 atom stereocenters. The lowest BCUT2D eigenvalue weighted by Crippen LogP contribution is -3.13. The number of para-hydroxylation sites is 2. The Bertz CT molecular complexity index is 1250. The van der Waals surface area contributed by atoms with Gasteiger partial charge in [0.2, 0.25) is 11.2 Å². The van der Waals surface area contributed by atoms with Gasteiger partial charge in [0.05, 0.1) is 25.1 Å². The molecule has 0 bridgehead atoms. The second-order valence-electron chi connectivity index (χ2n) is 8.35. The van der Waals surface area contributed by atoms with E-state index in [2.05, 4.69) is 11.8 Å². The average Bonchev–Trinajstić information content (AvgIpc) is 2.83. The van der Waals surface area contributed by atoms with Gasteiger partial charge in [-0.25, -0.2) is 0 Å². The van der Waals surface area contributed by atoms with Gasteiger partial charge < -0.3 is 23.9 Å². The number of halogens is 3. The molecule has 188 valence electrons. The van der Waals surface area contributed by atoms with E-state index in [0.717, 1.165) is 37.6 Å². The van der Waals surface area contributed by atoms with Gasteiger partial charge >= 0.3 is 6.18 Å². The van der Waals surface area contributed by atoms with Crippen molar-refractivity contribution in [2.75, 3.05) is 39.3 Å². The zero-order valence-electron chi connectivity index (χ0n) is 19.5. The van der Waals surface area contributed by atoms with Gasteiger partial charge in [0.25, 0.3) is 5.76 Å². The van der Waals surface area contributed by atoms with Crippen LogP contribution in [0.4, 0.5) is 13.2 Å². The first kappa shape index (κ1) is 24.9. The van der Waals surface area contributed by atoms with Crippen molar-refractivity contribution in [2.24, 2.45) is 0 Å². The van der Waals surface area contributed by atoms with E-state index in [-0.39, 0.29) is 41.2 Å². The maximum atomic E-state index is 14.0.